The zero-order chi connectivity index (χ0) is 34.5. The molecule has 1 aliphatic heterocycles. The Hall–Kier alpha value is -4.77. The fourth-order valence-electron chi connectivity index (χ4n) is 6.46. The van der Waals surface area contributed by atoms with Gasteiger partial charge >= 0.3 is 0 Å². The molecule has 242 valence electrons. The summed E-state index contributed by atoms with van der Waals surface area (Å²) >= 11 is 0. The zero-order valence-electron chi connectivity index (χ0n) is 29.2. The minimum Gasteiger partial charge on any atom is -0.496 e. The molecule has 0 bridgehead atoms. The topological polar surface area (TPSA) is 63.7 Å². The van der Waals surface area contributed by atoms with Crippen molar-refractivity contribution in [1.82, 2.24) is 0 Å². The SMILES string of the molecule is COc1ccccc1-c1ccc2c(c1C(=O)C(=O)c1ccc(C(C)(C)C)cc1)C(C)=CC(C)(C)N2C(=O)c1ccc(C(C)(C)C)cc1. The minimum absolute atomic E-state index is 0.0534. The van der Waals surface area contributed by atoms with Gasteiger partial charge < -0.3 is 4.74 Å². The molecule has 0 radical (unpaired) electrons. The minimum atomic E-state index is -0.712. The highest BCUT2D eigenvalue weighted by Gasteiger charge is 2.40. The van der Waals surface area contributed by atoms with E-state index >= 15 is 0 Å². The lowest BCUT2D eigenvalue weighted by molar-refractivity contribution is 0.0817. The van der Waals surface area contributed by atoms with Crippen molar-refractivity contribution in [2.75, 3.05) is 12.0 Å². The maximum absolute atomic E-state index is 14.6. The van der Waals surface area contributed by atoms with Crippen LogP contribution in [0, 0.1) is 0 Å². The third kappa shape index (κ3) is 6.32. The van der Waals surface area contributed by atoms with Crippen LogP contribution in [0.15, 0.2) is 91.0 Å². The fourth-order valence-corrected chi connectivity index (χ4v) is 6.46. The summed E-state index contributed by atoms with van der Waals surface area (Å²) in [6.07, 6.45) is 2.00. The second kappa shape index (κ2) is 12.1. The Labute approximate surface area is 279 Å². The number of allylic oxidation sites excluding steroid dienone is 1. The van der Waals surface area contributed by atoms with Gasteiger partial charge in [0.1, 0.15) is 5.75 Å². The summed E-state index contributed by atoms with van der Waals surface area (Å²) < 4.78 is 5.70. The summed E-state index contributed by atoms with van der Waals surface area (Å²) in [7, 11) is 1.58. The summed E-state index contributed by atoms with van der Waals surface area (Å²) in [4.78, 5) is 44.7. The molecule has 5 rings (SSSR count). The van der Waals surface area contributed by atoms with E-state index in [1.807, 2.05) is 99.6 Å². The fraction of sp³-hybridized carbons (Fsp3) is 0.310. The van der Waals surface area contributed by atoms with E-state index in [1.165, 1.54) is 0 Å². The van der Waals surface area contributed by atoms with Gasteiger partial charge in [0.2, 0.25) is 11.6 Å². The number of carbonyl (C=O) groups excluding carboxylic acids is 3. The van der Waals surface area contributed by atoms with Crippen molar-refractivity contribution in [2.24, 2.45) is 0 Å². The van der Waals surface area contributed by atoms with E-state index in [1.54, 1.807) is 24.1 Å². The summed E-state index contributed by atoms with van der Waals surface area (Å²) in [6.45, 7) is 18.6. The number of anilines is 1. The Kier molecular flexibility index (Phi) is 8.65. The number of benzene rings is 4. The molecule has 0 aliphatic carbocycles. The molecular formula is C42H45NO4. The van der Waals surface area contributed by atoms with Crippen LogP contribution in [0.5, 0.6) is 5.75 Å². The van der Waals surface area contributed by atoms with Crippen molar-refractivity contribution in [1.29, 1.82) is 0 Å². The molecule has 0 saturated carbocycles. The van der Waals surface area contributed by atoms with E-state index in [0.29, 0.717) is 39.3 Å². The third-order valence-electron chi connectivity index (χ3n) is 9.01. The molecule has 1 aliphatic rings. The van der Waals surface area contributed by atoms with Gasteiger partial charge in [0, 0.05) is 27.8 Å². The van der Waals surface area contributed by atoms with E-state index in [9.17, 15) is 14.4 Å². The van der Waals surface area contributed by atoms with Crippen LogP contribution >= 0.6 is 0 Å². The molecule has 0 fully saturated rings. The largest absolute Gasteiger partial charge is 0.496 e. The highest BCUT2D eigenvalue weighted by atomic mass is 16.5. The van der Waals surface area contributed by atoms with E-state index in [2.05, 4.69) is 41.5 Å². The van der Waals surface area contributed by atoms with Gasteiger partial charge in [-0.15, -0.1) is 0 Å². The van der Waals surface area contributed by atoms with Crippen molar-refractivity contribution in [3.8, 4) is 16.9 Å². The summed E-state index contributed by atoms with van der Waals surface area (Å²) in [5, 5.41) is 0. The summed E-state index contributed by atoms with van der Waals surface area (Å²) in [5.41, 5.74) is 5.66. The van der Waals surface area contributed by atoms with Crippen molar-refractivity contribution in [2.45, 2.75) is 78.7 Å². The number of hydrogen-bond donors (Lipinski definition) is 0. The Bertz CT molecular complexity index is 1900. The van der Waals surface area contributed by atoms with Crippen LogP contribution in [0.1, 0.15) is 110 Å². The number of nitrogens with zero attached hydrogens (tertiary/aromatic N) is 1. The Morgan fingerprint density at radius 3 is 1.72 bits per heavy atom. The average Bonchev–Trinajstić information content (AvgIpc) is 3.02. The lowest BCUT2D eigenvalue weighted by Gasteiger charge is -2.42. The van der Waals surface area contributed by atoms with Crippen LogP contribution in [-0.2, 0) is 10.8 Å². The maximum atomic E-state index is 14.6. The molecule has 5 nitrogen and oxygen atoms in total. The zero-order valence-corrected chi connectivity index (χ0v) is 29.2. The molecule has 4 aromatic rings. The predicted octanol–water partition coefficient (Wildman–Crippen LogP) is 9.87. The molecule has 0 unspecified atom stereocenters. The normalized spacial score (nSPS) is 14.3. The highest BCUT2D eigenvalue weighted by Crippen LogP contribution is 2.46. The molecule has 0 saturated heterocycles. The van der Waals surface area contributed by atoms with Gasteiger partial charge in [0.05, 0.1) is 18.3 Å². The lowest BCUT2D eigenvalue weighted by Crippen LogP contribution is -2.49. The molecule has 0 atom stereocenters. The van der Waals surface area contributed by atoms with Crippen molar-refractivity contribution < 1.29 is 19.1 Å². The second-order valence-corrected chi connectivity index (χ2v) is 15.0. The summed E-state index contributed by atoms with van der Waals surface area (Å²) in [6, 6.07) is 26.1. The number of ether oxygens (including phenoxy) is 1. The molecule has 0 aromatic heterocycles. The number of ketones is 2. The van der Waals surface area contributed by atoms with Gasteiger partial charge in [-0.1, -0.05) is 108 Å². The Balaban J connectivity index is 1.72. The molecule has 5 heteroatoms. The molecule has 47 heavy (non-hydrogen) atoms. The smallest absolute Gasteiger partial charge is 0.259 e. The Morgan fingerprint density at radius 2 is 1.19 bits per heavy atom. The number of rotatable bonds is 6. The van der Waals surface area contributed by atoms with Gasteiger partial charge in [-0.3, -0.25) is 19.3 Å². The van der Waals surface area contributed by atoms with Gasteiger partial charge in [-0.05, 0) is 78.1 Å². The first-order valence-electron chi connectivity index (χ1n) is 16.1. The monoisotopic (exact) mass is 627 g/mol. The maximum Gasteiger partial charge on any atom is 0.259 e. The van der Waals surface area contributed by atoms with Gasteiger partial charge in [0.25, 0.3) is 5.91 Å². The lowest BCUT2D eigenvalue weighted by atomic mass is 9.80. The number of carbonyl (C=O) groups is 3. The van der Waals surface area contributed by atoms with Crippen LogP contribution in [0.3, 0.4) is 0 Å². The van der Waals surface area contributed by atoms with Crippen LogP contribution in [-0.4, -0.2) is 30.1 Å². The first-order chi connectivity index (χ1) is 22.0. The second-order valence-electron chi connectivity index (χ2n) is 15.0. The number of amides is 1. The van der Waals surface area contributed by atoms with E-state index in [4.69, 9.17) is 4.74 Å². The first kappa shape index (κ1) is 33.6. The third-order valence-corrected chi connectivity index (χ3v) is 9.01. The molecule has 4 aromatic carbocycles. The Morgan fingerprint density at radius 1 is 0.660 bits per heavy atom. The molecule has 1 heterocycles. The predicted molar refractivity (Wildman–Crippen MR) is 192 cm³/mol. The number of para-hydroxylation sites is 1. The highest BCUT2D eigenvalue weighted by molar-refractivity contribution is 6.51. The van der Waals surface area contributed by atoms with E-state index in [0.717, 1.165) is 16.7 Å². The van der Waals surface area contributed by atoms with Crippen molar-refractivity contribution in [3.05, 3.63) is 124 Å². The number of fused-ring (bicyclic) bond motifs is 1. The van der Waals surface area contributed by atoms with Crippen molar-refractivity contribution in [3.63, 3.8) is 0 Å². The van der Waals surface area contributed by atoms with E-state index < -0.39 is 17.1 Å². The van der Waals surface area contributed by atoms with Gasteiger partial charge in [-0.25, -0.2) is 0 Å². The standard InChI is InChI=1S/C42H45NO4/c1-26-25-42(8,9)43(39(46)28-17-21-30(22-18-28)41(5,6)7)33-24-23-32(31-13-11-12-14-34(31)47-10)36(35(26)33)38(45)37(44)27-15-19-29(20-16-27)40(2,3)4/h11-25H,1-10H3. The molecule has 0 N–H and O–H groups in total. The van der Waals surface area contributed by atoms with Gasteiger partial charge in [-0.2, -0.15) is 0 Å². The average molecular weight is 628 g/mol. The number of methoxy groups -OCH3 is 1. The van der Waals surface area contributed by atoms with Crippen LogP contribution in [0.25, 0.3) is 16.7 Å². The van der Waals surface area contributed by atoms with E-state index in [-0.39, 0.29) is 22.3 Å². The summed E-state index contributed by atoms with van der Waals surface area (Å²) in [5.74, 6) is -0.856. The number of hydrogen-bond acceptors (Lipinski definition) is 4. The van der Waals surface area contributed by atoms with Gasteiger partial charge in [0.15, 0.2) is 0 Å². The number of Topliss-reactive ketones (excluding diaryl/α,β-unsaturated/α-hetero) is 2. The molecular weight excluding hydrogens is 582 g/mol. The van der Waals surface area contributed by atoms with Crippen LogP contribution in [0.4, 0.5) is 5.69 Å². The quantitative estimate of drug-likeness (QED) is 0.158. The van der Waals surface area contributed by atoms with Crippen LogP contribution < -0.4 is 9.64 Å². The van der Waals surface area contributed by atoms with Crippen molar-refractivity contribution >= 4 is 28.7 Å². The first-order valence-corrected chi connectivity index (χ1v) is 16.1. The molecule has 0 spiro atoms. The van der Waals surface area contributed by atoms with Crippen LogP contribution in [0.2, 0.25) is 0 Å². The molecule has 1 amide bonds.